The maximum absolute atomic E-state index is 14.8. The van der Waals surface area contributed by atoms with E-state index in [1.54, 1.807) is 19.1 Å². The minimum absolute atomic E-state index is 0.0570. The van der Waals surface area contributed by atoms with Crippen molar-refractivity contribution in [3.63, 3.8) is 0 Å². The maximum atomic E-state index is 14.8. The summed E-state index contributed by atoms with van der Waals surface area (Å²) in [4.78, 5) is 43.4. The zero-order chi connectivity index (χ0) is 52.1. The number of amides is 5. The van der Waals surface area contributed by atoms with E-state index in [2.05, 4.69) is 59.7 Å². The van der Waals surface area contributed by atoms with Gasteiger partial charge >= 0.3 is 12.1 Å². The summed E-state index contributed by atoms with van der Waals surface area (Å²) in [6, 6.07) is 11.1. The van der Waals surface area contributed by atoms with Gasteiger partial charge in [0.15, 0.2) is 0 Å². The average molecular weight is 1100 g/mol. The molecule has 1 saturated carbocycles. The van der Waals surface area contributed by atoms with Crippen molar-refractivity contribution in [1.82, 2.24) is 52.4 Å². The number of thioether (sulfide) groups is 2. The van der Waals surface area contributed by atoms with Crippen LogP contribution in [-0.4, -0.2) is 191 Å². The molecule has 5 fully saturated rings. The Balaban J connectivity index is 0.714. The molecular weight excluding hydrogens is 1020 g/mol. The van der Waals surface area contributed by atoms with E-state index in [4.69, 9.17) is 40.0 Å². The Hall–Kier alpha value is -3.43. The zero-order valence-corrected chi connectivity index (χ0v) is 45.5. The lowest BCUT2D eigenvalue weighted by molar-refractivity contribution is -0.121. The van der Waals surface area contributed by atoms with Crippen LogP contribution in [0.4, 0.5) is 19.7 Å². The number of benzene rings is 2. The number of piperazine rings is 1. The number of methoxy groups -OCH3 is 1. The SMILES string of the molecule is COc1ccc([C@@H](C)NC(=O)[C@H](CCOCCOCCOCCN2CC(COc3ccc(NC(=O)NC4NC(CCOCN5CCN(C)CC5)C(C5CCCCC5)S4)cc3)NN2)SC2NC(=O)NCC2Cl)c(F)c1. The number of hydrazine groups is 2. The number of rotatable bonds is 29. The second kappa shape index (κ2) is 31.1. The summed E-state index contributed by atoms with van der Waals surface area (Å²) in [6.07, 6.45) is 7.64. The molecule has 0 bridgehead atoms. The Morgan fingerprint density at radius 2 is 1.66 bits per heavy atom. The average Bonchev–Trinajstić information content (AvgIpc) is 4.04. The highest BCUT2D eigenvalue weighted by atomic mass is 35.5. The van der Waals surface area contributed by atoms with Crippen molar-refractivity contribution in [2.24, 2.45) is 5.92 Å². The highest BCUT2D eigenvalue weighted by molar-refractivity contribution is 8.01. The van der Waals surface area contributed by atoms with Crippen molar-refractivity contribution in [1.29, 1.82) is 0 Å². The molecule has 0 radical (unpaired) electrons. The quantitative estimate of drug-likeness (QED) is 0.0423. The topological polar surface area (TPSA) is 213 Å². The van der Waals surface area contributed by atoms with Gasteiger partial charge in [-0.1, -0.05) is 25.3 Å². The molecule has 74 heavy (non-hydrogen) atoms. The van der Waals surface area contributed by atoms with Crippen LogP contribution < -0.4 is 52.3 Å². The fourth-order valence-electron chi connectivity index (χ4n) is 9.49. The van der Waals surface area contributed by atoms with Crippen LogP contribution in [0.5, 0.6) is 11.5 Å². The predicted molar refractivity (Wildman–Crippen MR) is 287 cm³/mol. The van der Waals surface area contributed by atoms with Crippen LogP contribution in [0.15, 0.2) is 42.5 Å². The van der Waals surface area contributed by atoms with Gasteiger partial charge in [0.05, 0.1) is 75.0 Å². The monoisotopic (exact) mass is 1100 g/mol. The van der Waals surface area contributed by atoms with Gasteiger partial charge in [-0.15, -0.1) is 35.1 Å². The minimum Gasteiger partial charge on any atom is -0.497 e. The van der Waals surface area contributed by atoms with Gasteiger partial charge in [-0.25, -0.2) is 24.4 Å². The summed E-state index contributed by atoms with van der Waals surface area (Å²) in [7, 11) is 3.63. The Morgan fingerprint density at radius 1 is 0.932 bits per heavy atom. The number of ether oxygens (including phenoxy) is 6. The van der Waals surface area contributed by atoms with Crippen LogP contribution in [0.3, 0.4) is 0 Å². The third-order valence-corrected chi connectivity index (χ3v) is 17.4. The molecule has 0 spiro atoms. The Kier molecular flexibility index (Phi) is 24.5. The van der Waals surface area contributed by atoms with Gasteiger partial charge < -0.3 is 59.9 Å². The highest BCUT2D eigenvalue weighted by Gasteiger charge is 2.40. The lowest BCUT2D eigenvalue weighted by Gasteiger charge is -2.32. The summed E-state index contributed by atoms with van der Waals surface area (Å²) in [5, 5.41) is 19.1. The van der Waals surface area contributed by atoms with Gasteiger partial charge in [0.1, 0.15) is 29.4 Å². The van der Waals surface area contributed by atoms with Gasteiger partial charge in [-0.05, 0) is 75.9 Å². The number of nitrogens with one attached hydrogen (secondary N) is 8. The third kappa shape index (κ3) is 19.2. The summed E-state index contributed by atoms with van der Waals surface area (Å²) in [5.74, 6) is 0.933. The molecule has 0 aromatic heterocycles. The highest BCUT2D eigenvalue weighted by Crippen LogP contribution is 2.40. The van der Waals surface area contributed by atoms with Crippen molar-refractivity contribution in [2.45, 2.75) is 96.7 Å². The van der Waals surface area contributed by atoms with Crippen LogP contribution in [0.25, 0.3) is 0 Å². The first-order valence-electron chi connectivity index (χ1n) is 26.2. The lowest BCUT2D eigenvalue weighted by Crippen LogP contribution is -2.55. The number of carbonyl (C=O) groups is 3. The van der Waals surface area contributed by atoms with Crippen LogP contribution in [-0.2, 0) is 23.7 Å². The van der Waals surface area contributed by atoms with Gasteiger partial charge in [0.2, 0.25) is 5.91 Å². The number of urea groups is 2. The Morgan fingerprint density at radius 3 is 2.41 bits per heavy atom. The van der Waals surface area contributed by atoms with Gasteiger partial charge in [-0.2, -0.15) is 5.53 Å². The molecule has 2 aromatic carbocycles. The van der Waals surface area contributed by atoms with E-state index in [0.717, 1.165) is 39.1 Å². The molecule has 4 aliphatic heterocycles. The number of halogens is 2. The van der Waals surface area contributed by atoms with E-state index in [-0.39, 0.29) is 42.7 Å². The van der Waals surface area contributed by atoms with Crippen molar-refractivity contribution >= 4 is 58.8 Å². The number of hydrogen-bond donors (Lipinski definition) is 8. The fraction of sp³-hybridized carbons (Fsp3) is 0.700. The molecule has 7 rings (SSSR count). The van der Waals surface area contributed by atoms with Gasteiger partial charge in [0.25, 0.3) is 0 Å². The first-order valence-corrected chi connectivity index (χ1v) is 28.5. The van der Waals surface area contributed by atoms with Crippen LogP contribution in [0.2, 0.25) is 0 Å². The molecule has 24 heteroatoms. The lowest BCUT2D eigenvalue weighted by atomic mass is 9.84. The maximum Gasteiger partial charge on any atom is 0.321 e. The minimum atomic E-state index is -0.634. The van der Waals surface area contributed by atoms with Crippen LogP contribution >= 0.6 is 35.1 Å². The molecule has 4 heterocycles. The molecule has 2 aromatic rings. The number of likely N-dealkylation sites (N-methyl/N-ethyl adjacent to an activating group) is 1. The van der Waals surface area contributed by atoms with E-state index < -0.39 is 27.9 Å². The van der Waals surface area contributed by atoms with Gasteiger partial charge in [0, 0.05) is 87.6 Å². The first kappa shape index (κ1) is 58.3. The largest absolute Gasteiger partial charge is 0.497 e. The normalized spacial score (nSPS) is 25.0. The zero-order valence-electron chi connectivity index (χ0n) is 43.1. The molecule has 8 atom stereocenters. The van der Waals surface area contributed by atoms with E-state index in [0.29, 0.717) is 106 Å². The van der Waals surface area contributed by atoms with E-state index >= 15 is 0 Å². The van der Waals surface area contributed by atoms with Crippen LogP contribution in [0.1, 0.15) is 63.5 Å². The fourth-order valence-corrected chi connectivity index (χ4v) is 12.7. The number of carbonyl (C=O) groups excluding carboxylic acids is 3. The molecule has 4 saturated heterocycles. The molecule has 1 aliphatic carbocycles. The van der Waals surface area contributed by atoms with Crippen molar-refractivity contribution in [3.8, 4) is 11.5 Å². The first-order chi connectivity index (χ1) is 36.0. The van der Waals surface area contributed by atoms with Crippen molar-refractivity contribution in [2.75, 3.05) is 125 Å². The molecular formula is C50H79ClFN11O9S2. The predicted octanol–water partition coefficient (Wildman–Crippen LogP) is 4.24. The second-order valence-corrected chi connectivity index (χ2v) is 22.6. The summed E-state index contributed by atoms with van der Waals surface area (Å²) >= 11 is 9.57. The number of alkyl halides is 1. The molecule has 6 unspecified atom stereocenters. The molecule has 414 valence electrons. The third-order valence-electron chi connectivity index (χ3n) is 13.8. The van der Waals surface area contributed by atoms with Crippen LogP contribution in [0, 0.1) is 11.7 Å². The second-order valence-electron chi connectivity index (χ2n) is 19.4. The van der Waals surface area contributed by atoms with E-state index in [1.165, 1.54) is 57.0 Å². The molecule has 5 amide bonds. The number of nitrogens with zero attached hydrogens (tertiary/aromatic N) is 3. The number of hydrogen-bond acceptors (Lipinski definition) is 17. The Labute approximate surface area is 449 Å². The molecule has 5 aliphatic rings. The van der Waals surface area contributed by atoms with Crippen molar-refractivity contribution in [3.05, 3.63) is 53.8 Å². The van der Waals surface area contributed by atoms with E-state index in [9.17, 15) is 18.8 Å². The number of anilines is 1. The van der Waals surface area contributed by atoms with Crippen molar-refractivity contribution < 1.29 is 47.2 Å². The molecule has 20 nitrogen and oxygen atoms in total. The van der Waals surface area contributed by atoms with E-state index in [1.807, 2.05) is 41.0 Å². The Bertz CT molecular complexity index is 2020. The summed E-state index contributed by atoms with van der Waals surface area (Å²) in [6.45, 7) is 11.7. The molecule has 8 N–H and O–H groups in total. The summed E-state index contributed by atoms with van der Waals surface area (Å²) < 4.78 is 49.4. The summed E-state index contributed by atoms with van der Waals surface area (Å²) in [5.41, 5.74) is 7.28. The van der Waals surface area contributed by atoms with Gasteiger partial charge in [-0.3, -0.25) is 15.0 Å². The standard InChI is InChI=1S/C50H79ClFN11O9S2/c1-34(40-14-13-39(67-3)29-42(40)52)54-46(64)44(73-47-41(51)30-53-48(65)57-47)16-23-68-25-27-70-28-26-69-24-21-63-31-37(59-60-63)32-72-38-11-9-36(10-12-38)55-49(66)58-50-56-43(45(74-50)35-7-5-4-6-8-35)15-22-71-33-62-19-17-61(2)18-20-62/h9-14,29,34-35,37,41,43-45,47,50,56,59-60H,4-8,15-28,30-33H2,1-3H3,(H,54,64)(H2,53,57,65)(H2,55,58,66)/t34-,37?,41?,43?,44+,45?,47?,50?/m1/s1. The smallest absolute Gasteiger partial charge is 0.321 e.